The molecule has 2 rings (SSSR count). The molecule has 0 aliphatic carbocycles. The highest BCUT2D eigenvalue weighted by Crippen LogP contribution is 2.28. The summed E-state index contributed by atoms with van der Waals surface area (Å²) in [6.45, 7) is 3.48. The Balaban J connectivity index is 2.24. The van der Waals surface area contributed by atoms with Gasteiger partial charge in [-0.3, -0.25) is 0 Å². The van der Waals surface area contributed by atoms with Crippen LogP contribution >= 0.6 is 31.9 Å². The number of aryl methyl sites for hydroxylation is 2. The molecular weight excluding hydrogens is 414 g/mol. The van der Waals surface area contributed by atoms with Gasteiger partial charge in [0.15, 0.2) is 5.82 Å². The number of hydrogen-bond donors (Lipinski definition) is 1. The van der Waals surface area contributed by atoms with E-state index in [-0.39, 0.29) is 17.3 Å². The van der Waals surface area contributed by atoms with Gasteiger partial charge in [0.1, 0.15) is 0 Å². The average Bonchev–Trinajstić information content (AvgIpc) is 2.77. The Labute approximate surface area is 133 Å². The van der Waals surface area contributed by atoms with Crippen molar-refractivity contribution in [3.05, 3.63) is 38.4 Å². The zero-order chi connectivity index (χ0) is 14.9. The van der Waals surface area contributed by atoms with Gasteiger partial charge in [0.25, 0.3) is 0 Å². The first-order valence-corrected chi connectivity index (χ1v) is 8.61. The molecule has 1 N–H and O–H groups in total. The van der Waals surface area contributed by atoms with Crippen LogP contribution in [0.5, 0.6) is 0 Å². The van der Waals surface area contributed by atoms with Gasteiger partial charge in [-0.15, -0.1) is 0 Å². The molecule has 0 unspecified atom stereocenters. The van der Waals surface area contributed by atoms with Crippen molar-refractivity contribution in [2.24, 2.45) is 0 Å². The van der Waals surface area contributed by atoms with E-state index in [2.05, 4.69) is 46.7 Å². The number of aromatic nitrogens is 2. The van der Waals surface area contributed by atoms with Gasteiger partial charge < -0.3 is 4.52 Å². The van der Waals surface area contributed by atoms with E-state index in [4.69, 9.17) is 4.52 Å². The molecule has 20 heavy (non-hydrogen) atoms. The van der Waals surface area contributed by atoms with Gasteiger partial charge >= 0.3 is 0 Å². The van der Waals surface area contributed by atoms with Crippen LogP contribution < -0.4 is 4.72 Å². The van der Waals surface area contributed by atoms with Crippen LogP contribution in [0.15, 0.2) is 30.5 Å². The van der Waals surface area contributed by atoms with E-state index in [9.17, 15) is 8.42 Å². The molecule has 108 valence electrons. The van der Waals surface area contributed by atoms with Crippen molar-refractivity contribution in [2.45, 2.75) is 25.3 Å². The van der Waals surface area contributed by atoms with Crippen molar-refractivity contribution in [3.8, 4) is 0 Å². The third-order valence-electron chi connectivity index (χ3n) is 2.49. The number of sulfonamides is 1. The zero-order valence-electron chi connectivity index (χ0n) is 10.6. The van der Waals surface area contributed by atoms with Crippen LogP contribution in [0.4, 0.5) is 0 Å². The molecule has 0 aliphatic heterocycles. The van der Waals surface area contributed by atoms with Crippen LogP contribution in [0, 0.1) is 13.8 Å². The monoisotopic (exact) mass is 423 g/mol. The minimum absolute atomic E-state index is 0.0301. The van der Waals surface area contributed by atoms with Crippen LogP contribution in [0.3, 0.4) is 0 Å². The van der Waals surface area contributed by atoms with Gasteiger partial charge in [-0.05, 0) is 40.5 Å². The molecule has 0 fully saturated rings. The molecule has 0 aliphatic rings. The molecule has 0 amide bonds. The molecule has 0 spiro atoms. The third kappa shape index (κ3) is 3.46. The fourth-order valence-electron chi connectivity index (χ4n) is 1.48. The number of rotatable bonds is 4. The SMILES string of the molecule is Cc1nc(CNS(=O)(=O)c2cc(Br)c(C)cc2Br)no1. The van der Waals surface area contributed by atoms with E-state index >= 15 is 0 Å². The maximum absolute atomic E-state index is 12.2. The van der Waals surface area contributed by atoms with Crippen molar-refractivity contribution < 1.29 is 12.9 Å². The first-order valence-electron chi connectivity index (χ1n) is 5.54. The Morgan fingerprint density at radius 2 is 1.95 bits per heavy atom. The third-order valence-corrected chi connectivity index (χ3v) is 5.71. The van der Waals surface area contributed by atoms with Crippen molar-refractivity contribution >= 4 is 41.9 Å². The van der Waals surface area contributed by atoms with Gasteiger partial charge in [-0.2, -0.15) is 4.98 Å². The number of benzene rings is 1. The summed E-state index contributed by atoms with van der Waals surface area (Å²) in [5.41, 5.74) is 0.935. The van der Waals surface area contributed by atoms with Crippen molar-refractivity contribution in [3.63, 3.8) is 0 Å². The van der Waals surface area contributed by atoms with Crippen LogP contribution in [-0.2, 0) is 16.6 Å². The summed E-state index contributed by atoms with van der Waals surface area (Å²) in [6, 6.07) is 3.28. The standard InChI is InChI=1S/C11H11Br2N3O3S/c1-6-3-9(13)10(4-8(6)12)20(17,18)14-5-11-15-7(2)19-16-11/h3-4,14H,5H2,1-2H3. The molecule has 0 saturated carbocycles. The molecule has 9 heteroatoms. The molecule has 6 nitrogen and oxygen atoms in total. The van der Waals surface area contributed by atoms with E-state index in [1.54, 1.807) is 19.1 Å². The Bertz CT molecular complexity index is 743. The summed E-state index contributed by atoms with van der Waals surface area (Å²) >= 11 is 6.58. The topological polar surface area (TPSA) is 85.1 Å². The number of hydrogen-bond acceptors (Lipinski definition) is 5. The van der Waals surface area contributed by atoms with Crippen molar-refractivity contribution in [1.29, 1.82) is 0 Å². The van der Waals surface area contributed by atoms with Crippen LogP contribution in [-0.4, -0.2) is 18.6 Å². The second kappa shape index (κ2) is 5.92. The summed E-state index contributed by atoms with van der Waals surface area (Å²) in [5, 5.41) is 3.63. The lowest BCUT2D eigenvalue weighted by Gasteiger charge is -2.09. The van der Waals surface area contributed by atoms with Gasteiger partial charge in [-0.1, -0.05) is 21.1 Å². The van der Waals surface area contributed by atoms with E-state index in [0.717, 1.165) is 10.0 Å². The first kappa shape index (κ1) is 15.6. The second-order valence-corrected chi connectivity index (χ2v) is 7.53. The van der Waals surface area contributed by atoms with Gasteiger partial charge in [0.2, 0.25) is 15.9 Å². The lowest BCUT2D eigenvalue weighted by Crippen LogP contribution is -2.24. The smallest absolute Gasteiger partial charge is 0.242 e. The van der Waals surface area contributed by atoms with E-state index in [1.807, 2.05) is 6.92 Å². The lowest BCUT2D eigenvalue weighted by atomic mass is 10.2. The molecule has 0 radical (unpaired) electrons. The first-order chi connectivity index (χ1) is 9.29. The Morgan fingerprint density at radius 1 is 1.25 bits per heavy atom. The highest BCUT2D eigenvalue weighted by atomic mass is 79.9. The van der Waals surface area contributed by atoms with Gasteiger partial charge in [0.05, 0.1) is 11.4 Å². The zero-order valence-corrected chi connectivity index (χ0v) is 14.6. The Morgan fingerprint density at radius 3 is 2.55 bits per heavy atom. The van der Waals surface area contributed by atoms with Gasteiger partial charge in [-0.25, -0.2) is 13.1 Å². The number of halogens is 2. The largest absolute Gasteiger partial charge is 0.340 e. The van der Waals surface area contributed by atoms with Crippen LogP contribution in [0.25, 0.3) is 0 Å². The quantitative estimate of drug-likeness (QED) is 0.815. The van der Waals surface area contributed by atoms with Crippen molar-refractivity contribution in [2.75, 3.05) is 0 Å². The molecular formula is C11H11Br2N3O3S. The predicted octanol–water partition coefficient (Wildman–Crippen LogP) is 2.69. The summed E-state index contributed by atoms with van der Waals surface area (Å²) in [5.74, 6) is 0.673. The summed E-state index contributed by atoms with van der Waals surface area (Å²) < 4.78 is 32.9. The molecule has 2 aromatic rings. The summed E-state index contributed by atoms with van der Waals surface area (Å²) in [7, 11) is -3.67. The molecule has 0 atom stereocenters. The van der Waals surface area contributed by atoms with Gasteiger partial charge in [0, 0.05) is 15.9 Å². The molecule has 1 heterocycles. The average molecular weight is 425 g/mol. The maximum Gasteiger partial charge on any atom is 0.242 e. The molecule has 1 aromatic heterocycles. The summed E-state index contributed by atoms with van der Waals surface area (Å²) in [4.78, 5) is 4.08. The normalized spacial score (nSPS) is 11.8. The Hall–Kier alpha value is -0.770. The van der Waals surface area contributed by atoms with Crippen molar-refractivity contribution in [1.82, 2.24) is 14.9 Å². The minimum atomic E-state index is -3.67. The molecule has 1 aromatic carbocycles. The predicted molar refractivity (Wildman–Crippen MR) is 79.6 cm³/mol. The maximum atomic E-state index is 12.2. The summed E-state index contributed by atoms with van der Waals surface area (Å²) in [6.07, 6.45) is 0. The second-order valence-electron chi connectivity index (χ2n) is 4.09. The van der Waals surface area contributed by atoms with E-state index < -0.39 is 10.0 Å². The number of nitrogens with one attached hydrogen (secondary N) is 1. The minimum Gasteiger partial charge on any atom is -0.340 e. The fraction of sp³-hybridized carbons (Fsp3) is 0.273. The highest BCUT2D eigenvalue weighted by Gasteiger charge is 2.19. The molecule has 0 bridgehead atoms. The lowest BCUT2D eigenvalue weighted by molar-refractivity contribution is 0.387. The molecule has 0 saturated heterocycles. The van der Waals surface area contributed by atoms with E-state index in [0.29, 0.717) is 10.4 Å². The van der Waals surface area contributed by atoms with E-state index in [1.165, 1.54) is 0 Å². The fourth-order valence-corrected chi connectivity index (χ4v) is 4.14. The number of nitrogens with zero attached hydrogens (tertiary/aromatic N) is 2. The van der Waals surface area contributed by atoms with Crippen LogP contribution in [0.1, 0.15) is 17.3 Å². The van der Waals surface area contributed by atoms with Crippen LogP contribution in [0.2, 0.25) is 0 Å². The highest BCUT2D eigenvalue weighted by molar-refractivity contribution is 9.11. The Kier molecular flexibility index (Phi) is 4.62.